The van der Waals surface area contributed by atoms with Crippen molar-refractivity contribution in [2.45, 2.75) is 89.6 Å². The summed E-state index contributed by atoms with van der Waals surface area (Å²) in [7, 11) is 0. The van der Waals surface area contributed by atoms with Gasteiger partial charge in [-0.15, -0.1) is 0 Å². The Balaban J connectivity index is 1.61. The smallest absolute Gasteiger partial charge is 0.412 e. The van der Waals surface area contributed by atoms with Gasteiger partial charge in [-0.3, -0.25) is 5.32 Å². The minimum Gasteiger partial charge on any atom is -0.611 e. The number of rotatable bonds is 7. The zero-order valence-electron chi connectivity index (χ0n) is 22.2. The number of hydrogen-bond acceptors (Lipinski definition) is 5. The number of aromatic hydroxyl groups is 1. The summed E-state index contributed by atoms with van der Waals surface area (Å²) < 4.78 is 24.4. The van der Waals surface area contributed by atoms with Crippen LogP contribution in [-0.4, -0.2) is 28.1 Å². The van der Waals surface area contributed by atoms with Crippen LogP contribution < -0.4 is 10.1 Å². The van der Waals surface area contributed by atoms with Crippen LogP contribution in [0.1, 0.15) is 84.9 Å². The first-order valence-electron chi connectivity index (χ1n) is 12.1. The average Bonchev–Trinajstić information content (AvgIpc) is 2.71. The number of fused-ring (bicyclic) bond motifs is 1. The van der Waals surface area contributed by atoms with Crippen molar-refractivity contribution in [2.24, 2.45) is 0 Å². The van der Waals surface area contributed by atoms with Gasteiger partial charge in [0.15, 0.2) is 4.90 Å². The normalized spacial score (nSPS) is 16.2. The van der Waals surface area contributed by atoms with Crippen molar-refractivity contribution < 1.29 is 23.9 Å². The molecule has 0 aliphatic carbocycles. The van der Waals surface area contributed by atoms with E-state index in [-0.39, 0.29) is 10.8 Å². The Kier molecular flexibility index (Phi) is 7.73. The first-order valence-corrected chi connectivity index (χ1v) is 13.4. The van der Waals surface area contributed by atoms with E-state index in [9.17, 15) is 14.5 Å². The number of phenols is 1. The van der Waals surface area contributed by atoms with Crippen LogP contribution >= 0.6 is 0 Å². The van der Waals surface area contributed by atoms with Gasteiger partial charge in [-0.1, -0.05) is 41.5 Å². The highest BCUT2D eigenvalue weighted by atomic mass is 32.2. The molecule has 0 spiro atoms. The number of phenolic OH excluding ortho intramolecular Hbond substituents is 1. The third-order valence-electron chi connectivity index (χ3n) is 6.18. The first-order chi connectivity index (χ1) is 16.1. The molecular weight excluding hydrogens is 462 g/mol. The molecule has 3 rings (SSSR count). The molecule has 1 amide bonds. The fourth-order valence-corrected chi connectivity index (χ4v) is 5.37. The molecule has 7 heteroatoms. The fourth-order valence-electron chi connectivity index (χ4n) is 4.17. The number of nitrogens with one attached hydrogen (secondary N) is 1. The highest BCUT2D eigenvalue weighted by molar-refractivity contribution is 7.91. The van der Waals surface area contributed by atoms with Gasteiger partial charge < -0.3 is 19.1 Å². The lowest BCUT2D eigenvalue weighted by atomic mass is 9.79. The molecule has 1 aliphatic heterocycles. The van der Waals surface area contributed by atoms with Gasteiger partial charge >= 0.3 is 6.09 Å². The van der Waals surface area contributed by atoms with Crippen molar-refractivity contribution in [2.75, 3.05) is 17.7 Å². The molecule has 0 fully saturated rings. The minimum absolute atomic E-state index is 0.255. The van der Waals surface area contributed by atoms with Gasteiger partial charge in [0.1, 0.15) is 22.9 Å². The molecule has 35 heavy (non-hydrogen) atoms. The quantitative estimate of drug-likeness (QED) is 0.323. The number of carbonyl (C=O) groups excluding carboxylic acids is 1. The largest absolute Gasteiger partial charge is 0.611 e. The Morgan fingerprint density at radius 1 is 1.03 bits per heavy atom. The van der Waals surface area contributed by atoms with Gasteiger partial charge in [-0.25, -0.2) is 4.79 Å². The van der Waals surface area contributed by atoms with Crippen LogP contribution in [0, 0.1) is 0 Å². The van der Waals surface area contributed by atoms with E-state index in [1.165, 1.54) is 0 Å². The molecule has 2 N–H and O–H groups in total. The number of hydrogen-bond donors (Lipinski definition) is 2. The van der Waals surface area contributed by atoms with Crippen LogP contribution in [0.2, 0.25) is 0 Å². The number of anilines is 1. The highest BCUT2D eigenvalue weighted by Crippen LogP contribution is 2.41. The molecule has 1 atom stereocenters. The summed E-state index contributed by atoms with van der Waals surface area (Å²) in [6.07, 6.45) is 1.05. The van der Waals surface area contributed by atoms with Crippen LogP contribution in [-0.2, 0) is 32.3 Å². The zero-order chi connectivity index (χ0) is 26.2. The Labute approximate surface area is 212 Å². The monoisotopic (exact) mass is 501 g/mol. The molecule has 2 aromatic carbocycles. The Hall–Kier alpha value is -2.38. The Morgan fingerprint density at radius 3 is 2.20 bits per heavy atom. The van der Waals surface area contributed by atoms with Crippen LogP contribution in [0.4, 0.5) is 10.5 Å². The van der Waals surface area contributed by atoms with E-state index in [1.807, 2.05) is 44.2 Å². The van der Waals surface area contributed by atoms with Gasteiger partial charge in [0.2, 0.25) is 0 Å². The van der Waals surface area contributed by atoms with E-state index in [0.717, 1.165) is 40.1 Å². The van der Waals surface area contributed by atoms with Crippen LogP contribution in [0.15, 0.2) is 35.2 Å². The summed E-state index contributed by atoms with van der Waals surface area (Å²) in [4.78, 5) is 12.4. The van der Waals surface area contributed by atoms with E-state index in [0.29, 0.717) is 23.9 Å². The molecule has 1 heterocycles. The number of cyclic esters (lactones) is 1. The standard InChI is InChI=1S/C28H39NO5S/c1-26(2,3)21-16-19(17-22(24(21)30)27(4,5)6)35(32)14-10-9-13-33-18-11-12-23-20(15-18)28(7,8)34-25(31)29-23/h11-12,15-17,30H,9-10,13-14H2,1-8H3,(H,29,31). The maximum atomic E-state index is 13.1. The number of carbonyl (C=O) groups is 1. The number of unbranched alkanes of at least 4 members (excludes halogenated alkanes) is 1. The molecular formula is C28H39NO5S. The van der Waals surface area contributed by atoms with Gasteiger partial charge in [0, 0.05) is 28.8 Å². The van der Waals surface area contributed by atoms with Gasteiger partial charge in [-0.05, 0) is 66.9 Å². The molecule has 2 aromatic rings. The second kappa shape index (κ2) is 9.94. The molecule has 1 unspecified atom stereocenters. The number of benzene rings is 2. The topological polar surface area (TPSA) is 90.8 Å². The number of ether oxygens (including phenoxy) is 2. The molecule has 0 aromatic heterocycles. The van der Waals surface area contributed by atoms with Crippen molar-refractivity contribution in [1.82, 2.24) is 0 Å². The second-order valence-corrected chi connectivity index (χ2v) is 13.3. The SMILES string of the molecule is CC(C)(C)c1cc([S+]([O-])CCCCOc2ccc3c(c2)C(C)(C)OC(=O)N3)cc(C(C)(C)C)c1O. The van der Waals surface area contributed by atoms with Gasteiger partial charge in [0.25, 0.3) is 0 Å². The third-order valence-corrected chi connectivity index (χ3v) is 7.60. The van der Waals surface area contributed by atoms with Crippen molar-refractivity contribution in [3.8, 4) is 11.5 Å². The highest BCUT2D eigenvalue weighted by Gasteiger charge is 2.33. The van der Waals surface area contributed by atoms with Crippen molar-refractivity contribution in [1.29, 1.82) is 0 Å². The first kappa shape index (κ1) is 27.2. The zero-order valence-corrected chi connectivity index (χ0v) is 23.0. The van der Waals surface area contributed by atoms with Crippen molar-refractivity contribution in [3.63, 3.8) is 0 Å². The summed E-state index contributed by atoms with van der Waals surface area (Å²) in [5.41, 5.74) is 2.01. The summed E-state index contributed by atoms with van der Waals surface area (Å²) in [6, 6.07) is 9.34. The van der Waals surface area contributed by atoms with E-state index < -0.39 is 22.9 Å². The molecule has 6 nitrogen and oxygen atoms in total. The third kappa shape index (κ3) is 6.44. The van der Waals surface area contributed by atoms with E-state index >= 15 is 0 Å². The molecule has 0 bridgehead atoms. The summed E-state index contributed by atoms with van der Waals surface area (Å²) in [5.74, 6) is 1.54. The van der Waals surface area contributed by atoms with Crippen molar-refractivity contribution >= 4 is 23.0 Å². The second-order valence-electron chi connectivity index (χ2n) is 11.7. The Bertz CT molecular complexity index is 1050. The van der Waals surface area contributed by atoms with Crippen LogP contribution in [0.5, 0.6) is 11.5 Å². The maximum absolute atomic E-state index is 13.1. The molecule has 0 saturated carbocycles. The lowest BCUT2D eigenvalue weighted by Crippen LogP contribution is -2.34. The average molecular weight is 502 g/mol. The fraction of sp³-hybridized carbons (Fsp3) is 0.536. The maximum Gasteiger partial charge on any atom is 0.412 e. The van der Waals surface area contributed by atoms with E-state index in [1.54, 1.807) is 0 Å². The summed E-state index contributed by atoms with van der Waals surface area (Å²) in [5, 5.41) is 13.6. The summed E-state index contributed by atoms with van der Waals surface area (Å²) >= 11 is -1.17. The van der Waals surface area contributed by atoms with Crippen LogP contribution in [0.25, 0.3) is 0 Å². The van der Waals surface area contributed by atoms with Gasteiger partial charge in [0.05, 0.1) is 12.3 Å². The lowest BCUT2D eigenvalue weighted by molar-refractivity contribution is 0.0418. The number of amides is 1. The molecule has 192 valence electrons. The minimum atomic E-state index is -1.17. The summed E-state index contributed by atoms with van der Waals surface area (Å²) in [6.45, 7) is 16.5. The van der Waals surface area contributed by atoms with E-state index in [2.05, 4.69) is 46.9 Å². The van der Waals surface area contributed by atoms with Crippen LogP contribution in [0.3, 0.4) is 0 Å². The van der Waals surface area contributed by atoms with Gasteiger partial charge in [-0.2, -0.15) is 0 Å². The predicted octanol–water partition coefficient (Wildman–Crippen LogP) is 6.75. The molecule has 0 saturated heterocycles. The molecule has 0 radical (unpaired) electrons. The lowest BCUT2D eigenvalue weighted by Gasteiger charge is -2.32. The Morgan fingerprint density at radius 2 is 1.63 bits per heavy atom. The van der Waals surface area contributed by atoms with E-state index in [4.69, 9.17) is 9.47 Å². The van der Waals surface area contributed by atoms with Crippen molar-refractivity contribution in [3.05, 3.63) is 47.0 Å². The predicted molar refractivity (Wildman–Crippen MR) is 141 cm³/mol. The molecule has 1 aliphatic rings.